The lowest BCUT2D eigenvalue weighted by Gasteiger charge is -2.12. The van der Waals surface area contributed by atoms with Crippen LogP contribution in [0.4, 0.5) is 15.8 Å². The van der Waals surface area contributed by atoms with Crippen LogP contribution < -0.4 is 5.32 Å². The van der Waals surface area contributed by atoms with E-state index in [1.54, 1.807) is 0 Å². The van der Waals surface area contributed by atoms with Crippen LogP contribution in [-0.2, 0) is 10.0 Å². The van der Waals surface area contributed by atoms with E-state index in [-0.39, 0.29) is 23.5 Å². The van der Waals surface area contributed by atoms with Gasteiger partial charge >= 0.3 is 0 Å². The minimum Gasteiger partial charge on any atom is -0.378 e. The molecule has 1 N–H and O–H groups in total. The average molecular weight is 305 g/mol. The standard InChI is InChI=1S/C11H16FN3O4S/c1-8-6-10(11(15(16)17)7-9(8)12)13-4-5-20(18,19)14(2)3/h6-7,13H,4-5H2,1-3H3. The van der Waals surface area contributed by atoms with Gasteiger partial charge in [0.15, 0.2) is 0 Å². The Morgan fingerprint density at radius 1 is 1.40 bits per heavy atom. The summed E-state index contributed by atoms with van der Waals surface area (Å²) in [6, 6.07) is 2.11. The van der Waals surface area contributed by atoms with Crippen LogP contribution in [0.1, 0.15) is 5.56 Å². The second kappa shape index (κ2) is 6.14. The molecular weight excluding hydrogens is 289 g/mol. The van der Waals surface area contributed by atoms with Crippen LogP contribution in [0.15, 0.2) is 12.1 Å². The molecule has 20 heavy (non-hydrogen) atoms. The van der Waals surface area contributed by atoms with Gasteiger partial charge in [0, 0.05) is 20.6 Å². The number of nitro benzene ring substituents is 1. The molecule has 7 nitrogen and oxygen atoms in total. The first-order chi connectivity index (χ1) is 9.15. The first-order valence-electron chi connectivity index (χ1n) is 5.74. The highest BCUT2D eigenvalue weighted by Gasteiger charge is 2.18. The summed E-state index contributed by atoms with van der Waals surface area (Å²) in [5.74, 6) is -0.892. The largest absolute Gasteiger partial charge is 0.378 e. The number of hydrogen-bond donors (Lipinski definition) is 1. The molecule has 1 aromatic carbocycles. The highest BCUT2D eigenvalue weighted by molar-refractivity contribution is 7.89. The SMILES string of the molecule is Cc1cc(NCCS(=O)(=O)N(C)C)c([N+](=O)[O-])cc1F. The predicted octanol–water partition coefficient (Wildman–Crippen LogP) is 1.35. The van der Waals surface area contributed by atoms with Crippen molar-refractivity contribution in [1.29, 1.82) is 0 Å². The summed E-state index contributed by atoms with van der Waals surface area (Å²) in [5.41, 5.74) is -0.0771. The van der Waals surface area contributed by atoms with Gasteiger partial charge in [-0.25, -0.2) is 17.1 Å². The molecule has 112 valence electrons. The van der Waals surface area contributed by atoms with Crippen LogP contribution in [0, 0.1) is 22.9 Å². The van der Waals surface area contributed by atoms with Gasteiger partial charge in [0.2, 0.25) is 10.0 Å². The average Bonchev–Trinajstić information content (AvgIpc) is 2.32. The fraction of sp³-hybridized carbons (Fsp3) is 0.455. The van der Waals surface area contributed by atoms with Gasteiger partial charge in [-0.15, -0.1) is 0 Å². The number of nitro groups is 1. The molecule has 0 saturated carbocycles. The number of sulfonamides is 1. The van der Waals surface area contributed by atoms with Crippen molar-refractivity contribution in [2.75, 3.05) is 31.7 Å². The zero-order chi connectivity index (χ0) is 15.5. The summed E-state index contributed by atoms with van der Waals surface area (Å²) < 4.78 is 37.5. The Morgan fingerprint density at radius 2 is 2.00 bits per heavy atom. The van der Waals surface area contributed by atoms with Crippen molar-refractivity contribution in [2.24, 2.45) is 0 Å². The molecular formula is C11H16FN3O4S. The molecule has 0 unspecified atom stereocenters. The molecule has 1 rings (SSSR count). The molecule has 0 amide bonds. The van der Waals surface area contributed by atoms with Crippen LogP contribution in [0.2, 0.25) is 0 Å². The summed E-state index contributed by atoms with van der Waals surface area (Å²) in [6.07, 6.45) is 0. The fourth-order valence-electron chi connectivity index (χ4n) is 1.46. The quantitative estimate of drug-likeness (QED) is 0.632. The van der Waals surface area contributed by atoms with Gasteiger partial charge in [-0.05, 0) is 18.6 Å². The van der Waals surface area contributed by atoms with Crippen molar-refractivity contribution in [1.82, 2.24) is 4.31 Å². The van der Waals surface area contributed by atoms with E-state index in [2.05, 4.69) is 5.32 Å². The number of nitrogens with zero attached hydrogens (tertiary/aromatic N) is 2. The monoisotopic (exact) mass is 305 g/mol. The Labute approximate surface area is 116 Å². The van der Waals surface area contributed by atoms with Crippen molar-refractivity contribution < 1.29 is 17.7 Å². The number of halogens is 1. The summed E-state index contributed by atoms with van der Waals surface area (Å²) in [7, 11) is -0.588. The summed E-state index contributed by atoms with van der Waals surface area (Å²) in [4.78, 5) is 10.1. The number of rotatable bonds is 6. The zero-order valence-corrected chi connectivity index (χ0v) is 12.2. The van der Waals surface area contributed by atoms with Crippen molar-refractivity contribution >= 4 is 21.4 Å². The lowest BCUT2D eigenvalue weighted by Crippen LogP contribution is -2.28. The van der Waals surface area contributed by atoms with Crippen molar-refractivity contribution in [3.63, 3.8) is 0 Å². The normalized spacial score (nSPS) is 11.7. The highest BCUT2D eigenvalue weighted by Crippen LogP contribution is 2.27. The van der Waals surface area contributed by atoms with Crippen molar-refractivity contribution in [3.8, 4) is 0 Å². The van der Waals surface area contributed by atoms with Gasteiger partial charge in [-0.1, -0.05) is 0 Å². The molecule has 0 spiro atoms. The van der Waals surface area contributed by atoms with E-state index in [4.69, 9.17) is 0 Å². The molecule has 0 aliphatic heterocycles. The Bertz CT molecular complexity index is 616. The van der Waals surface area contributed by atoms with Gasteiger partial charge in [0.1, 0.15) is 11.5 Å². The van der Waals surface area contributed by atoms with Crippen molar-refractivity contribution in [2.45, 2.75) is 6.92 Å². The Morgan fingerprint density at radius 3 is 2.50 bits per heavy atom. The second-order valence-corrected chi connectivity index (χ2v) is 6.70. The van der Waals surface area contributed by atoms with E-state index in [0.717, 1.165) is 10.4 Å². The summed E-state index contributed by atoms with van der Waals surface area (Å²) in [6.45, 7) is 1.47. The first kappa shape index (κ1) is 16.3. The van der Waals surface area contributed by atoms with E-state index in [9.17, 15) is 22.9 Å². The van der Waals surface area contributed by atoms with E-state index in [0.29, 0.717) is 0 Å². The Kier molecular flexibility index (Phi) is 5.01. The molecule has 0 aliphatic rings. The molecule has 0 aliphatic carbocycles. The number of aryl methyl sites for hydroxylation is 1. The summed E-state index contributed by atoms with van der Waals surface area (Å²) in [5, 5.41) is 13.5. The van der Waals surface area contributed by atoms with Crippen molar-refractivity contribution in [3.05, 3.63) is 33.6 Å². The zero-order valence-electron chi connectivity index (χ0n) is 11.4. The third-order valence-corrected chi connectivity index (χ3v) is 4.54. The molecule has 0 atom stereocenters. The maximum Gasteiger partial charge on any atom is 0.295 e. The lowest BCUT2D eigenvalue weighted by molar-refractivity contribution is -0.384. The molecule has 0 aromatic heterocycles. The molecule has 1 aromatic rings. The van der Waals surface area contributed by atoms with Gasteiger partial charge in [-0.2, -0.15) is 0 Å². The maximum absolute atomic E-state index is 13.3. The van der Waals surface area contributed by atoms with Gasteiger partial charge in [0.05, 0.1) is 16.7 Å². The van der Waals surface area contributed by atoms with Crippen LogP contribution in [0.25, 0.3) is 0 Å². The summed E-state index contributed by atoms with van der Waals surface area (Å²) >= 11 is 0. The fourth-order valence-corrected chi connectivity index (χ4v) is 2.19. The molecule has 0 fully saturated rings. The van der Waals surface area contributed by atoms with Crippen LogP contribution in [-0.4, -0.2) is 44.0 Å². The number of hydrogen-bond acceptors (Lipinski definition) is 5. The topological polar surface area (TPSA) is 92.6 Å². The molecule has 0 bridgehead atoms. The lowest BCUT2D eigenvalue weighted by atomic mass is 10.2. The first-order valence-corrected chi connectivity index (χ1v) is 7.34. The Balaban J connectivity index is 2.88. The number of benzene rings is 1. The van der Waals surface area contributed by atoms with Crippen LogP contribution in [0.3, 0.4) is 0 Å². The molecule has 0 saturated heterocycles. The third-order valence-electron chi connectivity index (χ3n) is 2.71. The van der Waals surface area contributed by atoms with Crippen LogP contribution >= 0.6 is 0 Å². The van der Waals surface area contributed by atoms with Gasteiger partial charge in [0.25, 0.3) is 5.69 Å². The predicted molar refractivity (Wildman–Crippen MR) is 73.8 cm³/mol. The van der Waals surface area contributed by atoms with E-state index in [1.165, 1.54) is 27.1 Å². The second-order valence-electron chi connectivity index (χ2n) is 4.40. The van der Waals surface area contributed by atoms with E-state index in [1.807, 2.05) is 0 Å². The number of anilines is 1. The van der Waals surface area contributed by atoms with Gasteiger partial charge < -0.3 is 5.32 Å². The molecule has 9 heteroatoms. The maximum atomic E-state index is 13.3. The van der Waals surface area contributed by atoms with Gasteiger partial charge in [-0.3, -0.25) is 10.1 Å². The van der Waals surface area contributed by atoms with E-state index < -0.39 is 26.5 Å². The minimum absolute atomic E-state index is 0.00751. The minimum atomic E-state index is -3.39. The highest BCUT2D eigenvalue weighted by atomic mass is 32.2. The Hall–Kier alpha value is -1.74. The number of nitrogens with one attached hydrogen (secondary N) is 1. The molecule has 0 radical (unpaired) electrons. The third kappa shape index (κ3) is 3.87. The molecule has 0 heterocycles. The van der Waals surface area contributed by atoms with Crippen LogP contribution in [0.5, 0.6) is 0 Å². The van der Waals surface area contributed by atoms with E-state index >= 15 is 0 Å². The smallest absolute Gasteiger partial charge is 0.295 e.